The zero-order valence-electron chi connectivity index (χ0n) is 14.3. The van der Waals surface area contributed by atoms with Crippen molar-refractivity contribution in [3.05, 3.63) is 0 Å². The lowest BCUT2D eigenvalue weighted by Gasteiger charge is -2.27. The smallest absolute Gasteiger partial charge is 0.315 e. The maximum Gasteiger partial charge on any atom is 0.315 e. The third kappa shape index (κ3) is 4.07. The molecule has 0 aromatic carbocycles. The predicted molar refractivity (Wildman–Crippen MR) is 87.9 cm³/mol. The highest BCUT2D eigenvalue weighted by atomic mass is 16.6. The summed E-state index contributed by atoms with van der Waals surface area (Å²) in [5.74, 6) is 0.00726. The summed E-state index contributed by atoms with van der Waals surface area (Å²) in [6, 6.07) is 0.407. The summed E-state index contributed by atoms with van der Waals surface area (Å²) in [7, 11) is 0. The van der Waals surface area contributed by atoms with E-state index in [0.717, 1.165) is 32.1 Å². The van der Waals surface area contributed by atoms with E-state index in [4.69, 9.17) is 9.47 Å². The van der Waals surface area contributed by atoms with E-state index in [1.54, 1.807) is 0 Å². The Bertz CT molecular complexity index is 522. The number of nitrogens with one attached hydrogen (secondary N) is 3. The molecule has 25 heavy (non-hydrogen) atoms. The molecular weight excluding hydrogens is 326 g/mol. The molecule has 2 saturated carbocycles. The highest BCUT2D eigenvalue weighted by Crippen LogP contribution is 2.35. The average molecular weight is 353 g/mol. The van der Waals surface area contributed by atoms with Crippen molar-refractivity contribution in [2.24, 2.45) is 0 Å². The lowest BCUT2D eigenvalue weighted by atomic mass is 9.93. The summed E-state index contributed by atoms with van der Waals surface area (Å²) in [4.78, 5) is 23.6. The minimum absolute atomic E-state index is 0.00726. The van der Waals surface area contributed by atoms with Crippen LogP contribution in [0.1, 0.15) is 44.9 Å². The molecule has 0 spiro atoms. The molecule has 0 radical (unpaired) electrons. The second kappa shape index (κ2) is 7.09. The standard InChI is InChI=1S/C17H27N3O5/c21-14(19-10-4-5-10)7-11-6-12-16(24-11)15(22)13(25-12)8-18-17(23)20-9-2-1-3-9/h9-13,15-16,22H,1-8H2,(H,19,21)(H2,18,20,23). The van der Waals surface area contributed by atoms with Crippen LogP contribution in [0, 0.1) is 0 Å². The Labute approximate surface area is 147 Å². The third-order valence-corrected chi connectivity index (χ3v) is 5.54. The number of rotatable bonds is 6. The van der Waals surface area contributed by atoms with Gasteiger partial charge >= 0.3 is 6.03 Å². The fraction of sp³-hybridized carbons (Fsp3) is 0.882. The first-order valence-corrected chi connectivity index (χ1v) is 9.41. The first kappa shape index (κ1) is 17.1. The Hall–Kier alpha value is -1.38. The van der Waals surface area contributed by atoms with E-state index in [0.29, 0.717) is 18.9 Å². The fourth-order valence-corrected chi connectivity index (χ4v) is 3.71. The van der Waals surface area contributed by atoms with Gasteiger partial charge < -0.3 is 30.5 Å². The number of urea groups is 1. The number of aliphatic hydroxyl groups excluding tert-OH is 1. The first-order valence-electron chi connectivity index (χ1n) is 9.41. The van der Waals surface area contributed by atoms with E-state index in [1.807, 2.05) is 0 Å². The van der Waals surface area contributed by atoms with Gasteiger partial charge in [-0.3, -0.25) is 4.79 Å². The molecule has 4 aliphatic rings. The molecule has 2 heterocycles. The van der Waals surface area contributed by atoms with Crippen molar-refractivity contribution in [1.82, 2.24) is 16.0 Å². The molecular formula is C17H27N3O5. The van der Waals surface area contributed by atoms with Crippen LogP contribution in [0.5, 0.6) is 0 Å². The van der Waals surface area contributed by atoms with Gasteiger partial charge in [0.2, 0.25) is 5.91 Å². The van der Waals surface area contributed by atoms with Gasteiger partial charge in [-0.15, -0.1) is 0 Å². The molecule has 0 aromatic rings. The Morgan fingerprint density at radius 3 is 2.44 bits per heavy atom. The minimum Gasteiger partial charge on any atom is -0.388 e. The van der Waals surface area contributed by atoms with E-state index < -0.39 is 18.3 Å². The largest absolute Gasteiger partial charge is 0.388 e. The van der Waals surface area contributed by atoms with Gasteiger partial charge in [-0.25, -0.2) is 4.79 Å². The summed E-state index contributed by atoms with van der Waals surface area (Å²) in [6.07, 6.45) is 4.17. The Balaban J connectivity index is 1.18. The number of carbonyl (C=O) groups excluding carboxylic acids is 2. The van der Waals surface area contributed by atoms with Gasteiger partial charge in [-0.05, 0) is 32.1 Å². The van der Waals surface area contributed by atoms with Gasteiger partial charge in [-0.1, -0.05) is 0 Å². The van der Waals surface area contributed by atoms with Gasteiger partial charge in [0.25, 0.3) is 0 Å². The Kier molecular flexibility index (Phi) is 4.84. The molecule has 2 aliphatic carbocycles. The number of hydrogen-bond acceptors (Lipinski definition) is 5. The van der Waals surface area contributed by atoms with Crippen LogP contribution in [0.4, 0.5) is 4.79 Å². The molecule has 2 aliphatic heterocycles. The molecule has 0 aromatic heterocycles. The van der Waals surface area contributed by atoms with E-state index in [2.05, 4.69) is 16.0 Å². The van der Waals surface area contributed by atoms with Crippen LogP contribution in [0.3, 0.4) is 0 Å². The first-order chi connectivity index (χ1) is 12.1. The third-order valence-electron chi connectivity index (χ3n) is 5.54. The SMILES string of the molecule is O=C(CC1CC2OC(CNC(=O)NC3CCC3)C(O)C2O1)NC1CC1. The van der Waals surface area contributed by atoms with Gasteiger partial charge in [0, 0.05) is 25.0 Å². The van der Waals surface area contributed by atoms with Gasteiger partial charge in [0.15, 0.2) is 0 Å². The quantitative estimate of drug-likeness (QED) is 0.528. The van der Waals surface area contributed by atoms with E-state index in [9.17, 15) is 14.7 Å². The summed E-state index contributed by atoms with van der Waals surface area (Å²) < 4.78 is 11.7. The van der Waals surface area contributed by atoms with Gasteiger partial charge in [0.1, 0.15) is 18.3 Å². The van der Waals surface area contributed by atoms with Crippen LogP contribution in [0.2, 0.25) is 0 Å². The highest BCUT2D eigenvalue weighted by molar-refractivity contribution is 5.77. The molecule has 2 saturated heterocycles. The summed E-state index contributed by atoms with van der Waals surface area (Å²) in [5.41, 5.74) is 0. The van der Waals surface area contributed by atoms with Crippen molar-refractivity contribution in [1.29, 1.82) is 0 Å². The fourth-order valence-electron chi connectivity index (χ4n) is 3.71. The summed E-state index contributed by atoms with van der Waals surface area (Å²) in [5, 5.41) is 19.0. The molecule has 0 bridgehead atoms. The van der Waals surface area contributed by atoms with Crippen molar-refractivity contribution < 1.29 is 24.2 Å². The Morgan fingerprint density at radius 2 is 1.80 bits per heavy atom. The second-order valence-corrected chi connectivity index (χ2v) is 7.69. The monoisotopic (exact) mass is 353 g/mol. The van der Waals surface area contributed by atoms with Crippen LogP contribution in [0.25, 0.3) is 0 Å². The van der Waals surface area contributed by atoms with Crippen molar-refractivity contribution in [3.8, 4) is 0 Å². The number of aliphatic hydroxyl groups is 1. The lowest BCUT2D eigenvalue weighted by Crippen LogP contribution is -2.48. The van der Waals surface area contributed by atoms with Crippen molar-refractivity contribution in [2.45, 2.75) is 87.5 Å². The van der Waals surface area contributed by atoms with E-state index in [1.165, 1.54) is 0 Å². The average Bonchev–Trinajstić information content (AvgIpc) is 3.17. The van der Waals surface area contributed by atoms with Crippen molar-refractivity contribution in [2.75, 3.05) is 6.54 Å². The zero-order chi connectivity index (χ0) is 17.4. The topological polar surface area (TPSA) is 109 Å². The molecule has 4 fully saturated rings. The maximum atomic E-state index is 11.9. The zero-order valence-corrected chi connectivity index (χ0v) is 14.3. The molecule has 5 atom stereocenters. The Morgan fingerprint density at radius 1 is 1.04 bits per heavy atom. The van der Waals surface area contributed by atoms with Crippen LogP contribution >= 0.6 is 0 Å². The molecule has 3 amide bonds. The normalized spacial score (nSPS) is 37.2. The predicted octanol–water partition coefficient (Wildman–Crippen LogP) is -0.207. The number of ether oxygens (including phenoxy) is 2. The summed E-state index contributed by atoms with van der Waals surface area (Å²) in [6.45, 7) is 0.253. The number of amides is 3. The molecule has 4 rings (SSSR count). The molecule has 140 valence electrons. The van der Waals surface area contributed by atoms with E-state index in [-0.39, 0.29) is 36.7 Å². The molecule has 8 nitrogen and oxygen atoms in total. The molecule has 5 unspecified atom stereocenters. The van der Waals surface area contributed by atoms with Crippen LogP contribution in [-0.2, 0) is 14.3 Å². The van der Waals surface area contributed by atoms with Crippen molar-refractivity contribution >= 4 is 11.9 Å². The number of fused-ring (bicyclic) bond motifs is 1. The van der Waals surface area contributed by atoms with Gasteiger partial charge in [-0.2, -0.15) is 0 Å². The number of carbonyl (C=O) groups is 2. The van der Waals surface area contributed by atoms with Crippen LogP contribution < -0.4 is 16.0 Å². The molecule has 8 heteroatoms. The van der Waals surface area contributed by atoms with Gasteiger partial charge in [0.05, 0.1) is 18.6 Å². The minimum atomic E-state index is -0.787. The second-order valence-electron chi connectivity index (χ2n) is 7.69. The number of hydrogen-bond donors (Lipinski definition) is 4. The molecule has 4 N–H and O–H groups in total. The van der Waals surface area contributed by atoms with Crippen LogP contribution in [0.15, 0.2) is 0 Å². The van der Waals surface area contributed by atoms with E-state index >= 15 is 0 Å². The summed E-state index contributed by atoms with van der Waals surface area (Å²) >= 11 is 0. The van der Waals surface area contributed by atoms with Crippen molar-refractivity contribution in [3.63, 3.8) is 0 Å². The highest BCUT2D eigenvalue weighted by Gasteiger charge is 2.50. The maximum absolute atomic E-state index is 11.9. The van der Waals surface area contributed by atoms with Crippen LogP contribution in [-0.4, -0.2) is 66.2 Å². The lowest BCUT2D eigenvalue weighted by molar-refractivity contribution is -0.124.